The number of aliphatic carboxylic acids is 2. The molecular formula is C20H38N2O12Si2. The molecule has 208 valence electrons. The predicted molar refractivity (Wildman–Crippen MR) is 128 cm³/mol. The lowest BCUT2D eigenvalue weighted by atomic mass is 9.55. The standard InChI is InChI=1S/C20H38N2O12Si2/c1-29-35(30-2,31-3)11-7-9-21-17(23)13-15(19(25)26)14(16(13)20(27)28)18(24)22-10-8-12-36(32-4,33-5)34-6/h13-16H,7-12H2,1-6H3,(H,21,23)(H,22,24)(H,25,26)(H,27,28). The van der Waals surface area contributed by atoms with Crippen molar-refractivity contribution in [1.29, 1.82) is 0 Å². The van der Waals surface area contributed by atoms with Gasteiger partial charge in [0.25, 0.3) is 0 Å². The molecule has 0 atom stereocenters. The van der Waals surface area contributed by atoms with E-state index in [-0.39, 0.29) is 13.1 Å². The van der Waals surface area contributed by atoms with E-state index in [1.165, 1.54) is 42.7 Å². The van der Waals surface area contributed by atoms with Crippen molar-refractivity contribution in [3.8, 4) is 0 Å². The largest absolute Gasteiger partial charge is 0.500 e. The maximum absolute atomic E-state index is 12.7. The third-order valence-electron chi connectivity index (χ3n) is 6.51. The van der Waals surface area contributed by atoms with Crippen LogP contribution < -0.4 is 10.6 Å². The van der Waals surface area contributed by atoms with Gasteiger partial charge in [-0.25, -0.2) is 0 Å². The van der Waals surface area contributed by atoms with E-state index in [4.69, 9.17) is 26.6 Å². The van der Waals surface area contributed by atoms with Gasteiger partial charge in [-0.1, -0.05) is 0 Å². The molecule has 2 amide bonds. The summed E-state index contributed by atoms with van der Waals surface area (Å²) in [5, 5.41) is 24.5. The molecule has 0 aromatic heterocycles. The first-order valence-electron chi connectivity index (χ1n) is 11.3. The van der Waals surface area contributed by atoms with Gasteiger partial charge in [-0.2, -0.15) is 0 Å². The zero-order valence-electron chi connectivity index (χ0n) is 21.5. The van der Waals surface area contributed by atoms with Gasteiger partial charge in [0, 0.05) is 67.8 Å². The molecule has 36 heavy (non-hydrogen) atoms. The molecule has 0 spiro atoms. The van der Waals surface area contributed by atoms with Gasteiger partial charge in [-0.15, -0.1) is 0 Å². The van der Waals surface area contributed by atoms with Gasteiger partial charge >= 0.3 is 29.5 Å². The summed E-state index contributed by atoms with van der Waals surface area (Å²) in [6.07, 6.45) is 0.795. The fourth-order valence-corrected chi connectivity index (χ4v) is 7.84. The van der Waals surface area contributed by atoms with Crippen molar-refractivity contribution in [2.45, 2.75) is 24.9 Å². The van der Waals surface area contributed by atoms with E-state index in [1.54, 1.807) is 0 Å². The molecule has 0 aromatic rings. The van der Waals surface area contributed by atoms with Crippen LogP contribution in [0.5, 0.6) is 0 Å². The van der Waals surface area contributed by atoms with E-state index < -0.39 is 65.0 Å². The van der Waals surface area contributed by atoms with Gasteiger partial charge in [0.1, 0.15) is 0 Å². The monoisotopic (exact) mass is 554 g/mol. The molecule has 1 rings (SSSR count). The molecule has 0 saturated heterocycles. The second-order valence-electron chi connectivity index (χ2n) is 8.16. The lowest BCUT2D eigenvalue weighted by molar-refractivity contribution is -0.181. The quantitative estimate of drug-likeness (QED) is 0.125. The molecule has 1 aliphatic carbocycles. The Morgan fingerprint density at radius 2 is 0.861 bits per heavy atom. The molecule has 0 bridgehead atoms. The van der Waals surface area contributed by atoms with E-state index in [1.807, 2.05) is 0 Å². The molecule has 0 aromatic carbocycles. The van der Waals surface area contributed by atoms with Crippen molar-refractivity contribution in [3.63, 3.8) is 0 Å². The van der Waals surface area contributed by atoms with Gasteiger partial charge in [-0.3, -0.25) is 19.2 Å². The highest BCUT2D eigenvalue weighted by Gasteiger charge is 2.63. The smallest absolute Gasteiger partial charge is 0.481 e. The van der Waals surface area contributed by atoms with Crippen molar-refractivity contribution in [2.75, 3.05) is 55.7 Å². The number of hydrogen-bond acceptors (Lipinski definition) is 10. The highest BCUT2D eigenvalue weighted by molar-refractivity contribution is 6.60. The third-order valence-corrected chi connectivity index (χ3v) is 12.2. The van der Waals surface area contributed by atoms with Gasteiger partial charge < -0.3 is 47.4 Å². The number of amides is 2. The molecule has 16 heteroatoms. The van der Waals surface area contributed by atoms with Crippen molar-refractivity contribution in [1.82, 2.24) is 10.6 Å². The molecular weight excluding hydrogens is 516 g/mol. The first-order valence-corrected chi connectivity index (χ1v) is 15.2. The Kier molecular flexibility index (Phi) is 13.1. The molecule has 1 aliphatic rings. The highest BCUT2D eigenvalue weighted by Crippen LogP contribution is 2.47. The second-order valence-corrected chi connectivity index (χ2v) is 14.3. The number of carboxylic acids is 2. The predicted octanol–water partition coefficient (Wildman–Crippen LogP) is -0.597. The fourth-order valence-electron chi connectivity index (χ4n) is 4.40. The molecule has 0 heterocycles. The number of nitrogens with one attached hydrogen (secondary N) is 2. The Balaban J connectivity index is 2.77. The van der Waals surface area contributed by atoms with Gasteiger partial charge in [0.05, 0.1) is 23.7 Å². The van der Waals surface area contributed by atoms with Gasteiger partial charge in [0.2, 0.25) is 11.8 Å². The number of carbonyl (C=O) groups excluding carboxylic acids is 2. The average molecular weight is 555 g/mol. The SMILES string of the molecule is CO[Si](CCCNC(=O)C1C(C(=O)O)C(C(=O)NCCC[Si](OC)(OC)OC)C1C(=O)O)(OC)OC. The van der Waals surface area contributed by atoms with Crippen molar-refractivity contribution in [2.24, 2.45) is 23.7 Å². The van der Waals surface area contributed by atoms with Crippen LogP contribution in [0.1, 0.15) is 12.8 Å². The van der Waals surface area contributed by atoms with Crippen LogP contribution in [0, 0.1) is 23.7 Å². The molecule has 4 N–H and O–H groups in total. The first-order chi connectivity index (χ1) is 17.0. The van der Waals surface area contributed by atoms with E-state index in [0.29, 0.717) is 24.9 Å². The van der Waals surface area contributed by atoms with Crippen molar-refractivity contribution >= 4 is 41.4 Å². The van der Waals surface area contributed by atoms with Crippen LogP contribution in [0.25, 0.3) is 0 Å². The van der Waals surface area contributed by atoms with Crippen molar-refractivity contribution < 1.29 is 55.9 Å². The summed E-state index contributed by atoms with van der Waals surface area (Å²) in [6.45, 7) is 0.250. The molecule has 0 aliphatic heterocycles. The Bertz CT molecular complexity index is 676. The minimum Gasteiger partial charge on any atom is -0.481 e. The molecule has 1 saturated carbocycles. The summed E-state index contributed by atoms with van der Waals surface area (Å²) < 4.78 is 31.8. The topological polar surface area (TPSA) is 188 Å². The van der Waals surface area contributed by atoms with Gasteiger partial charge in [0.15, 0.2) is 0 Å². The third kappa shape index (κ3) is 7.54. The van der Waals surface area contributed by atoms with Crippen LogP contribution in [-0.2, 0) is 45.7 Å². The maximum atomic E-state index is 12.7. The van der Waals surface area contributed by atoms with E-state index in [9.17, 15) is 29.4 Å². The van der Waals surface area contributed by atoms with E-state index in [2.05, 4.69) is 10.6 Å². The summed E-state index contributed by atoms with van der Waals surface area (Å²) >= 11 is 0. The molecule has 0 unspecified atom stereocenters. The van der Waals surface area contributed by atoms with Crippen LogP contribution in [0.4, 0.5) is 0 Å². The van der Waals surface area contributed by atoms with Crippen LogP contribution >= 0.6 is 0 Å². The molecule has 0 radical (unpaired) electrons. The lowest BCUT2D eigenvalue weighted by Crippen LogP contribution is -2.63. The first kappa shape index (κ1) is 32.1. The summed E-state index contributed by atoms with van der Waals surface area (Å²) in [5.74, 6) is -10.0. The molecule has 1 fully saturated rings. The van der Waals surface area contributed by atoms with Crippen molar-refractivity contribution in [3.05, 3.63) is 0 Å². The summed E-state index contributed by atoms with van der Waals surface area (Å²) in [6, 6.07) is 0.771. The Morgan fingerprint density at radius 3 is 1.08 bits per heavy atom. The van der Waals surface area contributed by atoms with E-state index in [0.717, 1.165) is 0 Å². The Morgan fingerprint density at radius 1 is 0.583 bits per heavy atom. The summed E-state index contributed by atoms with van der Waals surface area (Å²) in [5.41, 5.74) is 0. The van der Waals surface area contributed by atoms with Crippen LogP contribution in [0.2, 0.25) is 12.1 Å². The van der Waals surface area contributed by atoms with Crippen LogP contribution in [0.15, 0.2) is 0 Å². The maximum Gasteiger partial charge on any atom is 0.500 e. The average Bonchev–Trinajstić information content (AvgIpc) is 2.84. The number of carbonyl (C=O) groups is 4. The van der Waals surface area contributed by atoms with Gasteiger partial charge in [-0.05, 0) is 12.8 Å². The Hall–Kier alpha value is -1.93. The zero-order chi connectivity index (χ0) is 27.5. The summed E-state index contributed by atoms with van der Waals surface area (Å²) in [7, 11) is 3.04. The van der Waals surface area contributed by atoms with E-state index >= 15 is 0 Å². The minimum absolute atomic E-state index is 0.125. The highest BCUT2D eigenvalue weighted by atomic mass is 28.4. The Labute approximate surface area is 212 Å². The number of hydrogen-bond donors (Lipinski definition) is 4. The number of rotatable bonds is 18. The summed E-state index contributed by atoms with van der Waals surface area (Å²) in [4.78, 5) is 49.3. The zero-order valence-corrected chi connectivity index (χ0v) is 23.5. The lowest BCUT2D eigenvalue weighted by Gasteiger charge is -2.45. The second kappa shape index (κ2) is 14.7. The normalized spacial score (nSPS) is 21.9. The molecule has 14 nitrogen and oxygen atoms in total. The van der Waals surface area contributed by atoms with Crippen LogP contribution in [0.3, 0.4) is 0 Å². The fraction of sp³-hybridized carbons (Fsp3) is 0.800. The minimum atomic E-state index is -2.85. The van der Waals surface area contributed by atoms with Crippen LogP contribution in [-0.4, -0.2) is 107 Å². The number of carboxylic acid groups (broad SMARTS) is 2.